The van der Waals surface area contributed by atoms with Crippen LogP contribution < -0.4 is 10.9 Å². The van der Waals surface area contributed by atoms with Gasteiger partial charge in [-0.05, 0) is 30.4 Å². The first kappa shape index (κ1) is 22.5. The molecule has 2 atom stereocenters. The van der Waals surface area contributed by atoms with Gasteiger partial charge in [-0.2, -0.15) is 0 Å². The summed E-state index contributed by atoms with van der Waals surface area (Å²) in [6.07, 6.45) is 2.81. The first-order valence-corrected chi connectivity index (χ1v) is 12.3. The van der Waals surface area contributed by atoms with Crippen LogP contribution in [0.3, 0.4) is 0 Å². The lowest BCUT2D eigenvalue weighted by Gasteiger charge is -2.40. The van der Waals surface area contributed by atoms with Crippen LogP contribution in [0.25, 0.3) is 11.0 Å². The zero-order valence-electron chi connectivity index (χ0n) is 18.4. The largest absolute Gasteiger partial charge is 0.354 e. The number of anilines is 1. The molecule has 172 valence electrons. The number of aromatic nitrogens is 4. The Kier molecular flexibility index (Phi) is 6.07. The molecule has 0 aliphatic carbocycles. The molecule has 0 saturated heterocycles. The number of Topliss-reactive ketones (excluding diaryl/α,β-unsaturated/α-hetero) is 1. The molecule has 2 N–H and O–H groups in total. The average Bonchev–Trinajstić information content (AvgIpc) is 2.84. The van der Waals surface area contributed by atoms with Crippen molar-refractivity contribution in [1.82, 2.24) is 24.8 Å². The molecule has 1 aliphatic heterocycles. The first-order chi connectivity index (χ1) is 16.5. The molecule has 0 bridgehead atoms. The molecule has 5 rings (SSSR count). The van der Waals surface area contributed by atoms with Crippen molar-refractivity contribution >= 4 is 46.0 Å². The number of nitrogens with one attached hydrogen (secondary N) is 2. The van der Waals surface area contributed by atoms with Gasteiger partial charge in [-0.3, -0.25) is 14.5 Å². The van der Waals surface area contributed by atoms with E-state index in [0.29, 0.717) is 33.8 Å². The van der Waals surface area contributed by atoms with Crippen molar-refractivity contribution in [3.05, 3.63) is 86.9 Å². The van der Waals surface area contributed by atoms with Crippen LogP contribution in [-0.2, 0) is 6.54 Å². The minimum atomic E-state index is -0.555. The number of hydrogen-bond acceptors (Lipinski definition) is 8. The number of nitrogens with zero attached hydrogens (tertiary/aromatic N) is 4. The lowest BCUT2D eigenvalue weighted by Crippen LogP contribution is -2.47. The maximum absolute atomic E-state index is 13.7. The smallest absolute Gasteiger partial charge is 0.263 e. The number of hydrogen-bond donors (Lipinski definition) is 2. The third-order valence-corrected chi connectivity index (χ3v) is 6.76. The van der Waals surface area contributed by atoms with Gasteiger partial charge >= 0.3 is 0 Å². The number of halogens is 1. The summed E-state index contributed by atoms with van der Waals surface area (Å²) in [5, 5.41) is 4.57. The van der Waals surface area contributed by atoms with Gasteiger partial charge in [-0.15, -0.1) is 0 Å². The molecule has 0 spiro atoms. The number of rotatable bonds is 5. The van der Waals surface area contributed by atoms with E-state index in [-0.39, 0.29) is 22.9 Å². The molecule has 0 fully saturated rings. The van der Waals surface area contributed by atoms with Crippen molar-refractivity contribution in [2.75, 3.05) is 11.6 Å². The van der Waals surface area contributed by atoms with E-state index in [1.165, 1.54) is 18.1 Å². The number of ketones is 1. The number of aromatic amines is 1. The molecule has 10 heteroatoms. The lowest BCUT2D eigenvalue weighted by molar-refractivity contribution is 0.0705. The van der Waals surface area contributed by atoms with Crippen molar-refractivity contribution < 1.29 is 4.79 Å². The second kappa shape index (κ2) is 9.17. The van der Waals surface area contributed by atoms with E-state index < -0.39 is 6.04 Å². The average molecular weight is 493 g/mol. The number of carbonyl (C=O) groups excluding carboxylic acids is 1. The summed E-state index contributed by atoms with van der Waals surface area (Å²) < 4.78 is 0. The second-order valence-electron chi connectivity index (χ2n) is 7.93. The Hall–Kier alpha value is -3.27. The van der Waals surface area contributed by atoms with Crippen LogP contribution in [0.2, 0.25) is 5.02 Å². The zero-order valence-corrected chi connectivity index (χ0v) is 20.0. The van der Waals surface area contributed by atoms with Crippen molar-refractivity contribution in [2.24, 2.45) is 0 Å². The van der Waals surface area contributed by atoms with Gasteiger partial charge in [0.05, 0.1) is 17.5 Å². The van der Waals surface area contributed by atoms with Crippen LogP contribution in [0.5, 0.6) is 0 Å². The number of carbonyl (C=O) groups is 1. The SMILES string of the molecule is CSc1nc(N[C@H](C)N2Cc3cccc(Cl)c3C(=O)C2c2ccccc2)c2c(=O)[nH]cnc2n1. The van der Waals surface area contributed by atoms with E-state index in [0.717, 1.165) is 11.1 Å². The fourth-order valence-corrected chi connectivity index (χ4v) is 4.97. The Bertz CT molecular complexity index is 1440. The van der Waals surface area contributed by atoms with E-state index in [2.05, 4.69) is 25.3 Å². The second-order valence-corrected chi connectivity index (χ2v) is 9.11. The van der Waals surface area contributed by atoms with E-state index in [4.69, 9.17) is 11.6 Å². The Morgan fingerprint density at radius 1 is 1.15 bits per heavy atom. The summed E-state index contributed by atoms with van der Waals surface area (Å²) >= 11 is 7.80. The summed E-state index contributed by atoms with van der Waals surface area (Å²) in [5.41, 5.74) is 2.25. The summed E-state index contributed by atoms with van der Waals surface area (Å²) in [6.45, 7) is 2.43. The third kappa shape index (κ3) is 3.96. The fourth-order valence-electron chi connectivity index (χ4n) is 4.32. The van der Waals surface area contributed by atoms with E-state index in [9.17, 15) is 9.59 Å². The van der Waals surface area contributed by atoms with Gasteiger partial charge in [0.2, 0.25) is 0 Å². The Morgan fingerprint density at radius 2 is 1.94 bits per heavy atom. The molecule has 3 heterocycles. The van der Waals surface area contributed by atoms with Gasteiger partial charge in [0.1, 0.15) is 17.2 Å². The molecule has 2 aromatic carbocycles. The van der Waals surface area contributed by atoms with Gasteiger partial charge in [0.25, 0.3) is 5.56 Å². The van der Waals surface area contributed by atoms with Crippen molar-refractivity contribution in [1.29, 1.82) is 0 Å². The molecule has 1 unspecified atom stereocenters. The van der Waals surface area contributed by atoms with Crippen LogP contribution in [0.1, 0.15) is 34.5 Å². The molecule has 4 aromatic rings. The molecule has 2 aromatic heterocycles. The van der Waals surface area contributed by atoms with Gasteiger partial charge in [0.15, 0.2) is 16.6 Å². The minimum Gasteiger partial charge on any atom is -0.354 e. The predicted molar refractivity (Wildman–Crippen MR) is 133 cm³/mol. The maximum Gasteiger partial charge on any atom is 0.263 e. The quantitative estimate of drug-likeness (QED) is 0.314. The van der Waals surface area contributed by atoms with Gasteiger partial charge in [0, 0.05) is 12.1 Å². The van der Waals surface area contributed by atoms with Crippen LogP contribution in [-0.4, -0.2) is 43.0 Å². The number of benzene rings is 2. The highest BCUT2D eigenvalue weighted by Gasteiger charge is 2.38. The van der Waals surface area contributed by atoms with E-state index >= 15 is 0 Å². The number of thioether (sulfide) groups is 1. The first-order valence-electron chi connectivity index (χ1n) is 10.7. The normalized spacial score (nSPS) is 16.9. The van der Waals surface area contributed by atoms with Crippen molar-refractivity contribution in [2.45, 2.75) is 30.8 Å². The van der Waals surface area contributed by atoms with Crippen LogP contribution in [0.4, 0.5) is 5.82 Å². The topological polar surface area (TPSA) is 104 Å². The Balaban J connectivity index is 1.59. The van der Waals surface area contributed by atoms with Crippen LogP contribution >= 0.6 is 23.4 Å². The molecular weight excluding hydrogens is 472 g/mol. The summed E-state index contributed by atoms with van der Waals surface area (Å²) in [4.78, 5) is 44.0. The highest BCUT2D eigenvalue weighted by Crippen LogP contribution is 2.38. The Morgan fingerprint density at radius 3 is 2.71 bits per heavy atom. The molecular formula is C24H21ClN6O2S. The zero-order chi connectivity index (χ0) is 23.8. The van der Waals surface area contributed by atoms with Gasteiger partial charge in [-0.25, -0.2) is 15.0 Å². The summed E-state index contributed by atoms with van der Waals surface area (Å²) in [7, 11) is 0. The third-order valence-electron chi connectivity index (χ3n) is 5.90. The van der Waals surface area contributed by atoms with E-state index in [1.54, 1.807) is 6.07 Å². The predicted octanol–water partition coefficient (Wildman–Crippen LogP) is 4.29. The maximum atomic E-state index is 13.7. The monoisotopic (exact) mass is 492 g/mol. The van der Waals surface area contributed by atoms with E-state index in [1.807, 2.05) is 60.5 Å². The number of fused-ring (bicyclic) bond motifs is 2. The van der Waals surface area contributed by atoms with Crippen LogP contribution in [0.15, 0.2) is 64.8 Å². The Labute approximate surface area is 204 Å². The van der Waals surface area contributed by atoms with Crippen LogP contribution in [0, 0.1) is 0 Å². The minimum absolute atomic E-state index is 0.0661. The fraction of sp³-hybridized carbons (Fsp3) is 0.208. The summed E-state index contributed by atoms with van der Waals surface area (Å²) in [5.74, 6) is 0.302. The molecule has 0 radical (unpaired) electrons. The van der Waals surface area contributed by atoms with Gasteiger partial charge in [-0.1, -0.05) is 65.8 Å². The van der Waals surface area contributed by atoms with Crippen molar-refractivity contribution in [3.8, 4) is 0 Å². The van der Waals surface area contributed by atoms with Crippen molar-refractivity contribution in [3.63, 3.8) is 0 Å². The lowest BCUT2D eigenvalue weighted by atomic mass is 9.88. The molecule has 34 heavy (non-hydrogen) atoms. The highest BCUT2D eigenvalue weighted by atomic mass is 35.5. The standard InChI is InChI=1S/C24H21ClN6O2S/c1-13(28-22-18-21(26-12-27-23(18)33)29-24(30-22)34-2)31-11-15-9-6-10-16(25)17(15)20(32)19(31)14-7-4-3-5-8-14/h3-10,12-13,19H,11H2,1-2H3,(H2,26,27,28,29,30,33)/t13-,19?/m0/s1. The summed E-state index contributed by atoms with van der Waals surface area (Å²) in [6, 6.07) is 14.6. The molecule has 1 aliphatic rings. The number of H-pyrrole nitrogens is 1. The molecule has 0 amide bonds. The molecule has 0 saturated carbocycles. The highest BCUT2D eigenvalue weighted by molar-refractivity contribution is 7.98. The van der Waals surface area contributed by atoms with Gasteiger partial charge < -0.3 is 10.3 Å². The molecule has 8 nitrogen and oxygen atoms in total.